The van der Waals surface area contributed by atoms with E-state index in [-0.39, 0.29) is 11.1 Å². The molecule has 0 bridgehead atoms. The Morgan fingerprint density at radius 3 is 2.26 bits per heavy atom. The summed E-state index contributed by atoms with van der Waals surface area (Å²) in [7, 11) is 0. The van der Waals surface area contributed by atoms with Crippen molar-refractivity contribution in [3.05, 3.63) is 83.4 Å². The molecule has 0 N–H and O–H groups in total. The molecular weight excluding hydrogens is 298 g/mol. The summed E-state index contributed by atoms with van der Waals surface area (Å²) in [5.74, 6) is 1.09. The van der Waals surface area contributed by atoms with Crippen LogP contribution in [0.25, 0.3) is 11.1 Å². The van der Waals surface area contributed by atoms with Gasteiger partial charge in [0.25, 0.3) is 0 Å². The lowest BCUT2D eigenvalue weighted by Crippen LogP contribution is -2.30. The molecule has 0 spiro atoms. The van der Waals surface area contributed by atoms with Crippen LogP contribution in [0.2, 0.25) is 0 Å². The van der Waals surface area contributed by atoms with E-state index in [1.54, 1.807) is 0 Å². The second-order valence-corrected chi connectivity index (χ2v) is 8.02. The van der Waals surface area contributed by atoms with Crippen LogP contribution in [-0.2, 0) is 11.1 Å². The van der Waals surface area contributed by atoms with Gasteiger partial charge in [0.2, 0.25) is 0 Å². The summed E-state index contributed by atoms with van der Waals surface area (Å²) in [5.41, 5.74) is 6.87. The van der Waals surface area contributed by atoms with Gasteiger partial charge in [0, 0.05) is 17.6 Å². The quantitative estimate of drug-likeness (QED) is 0.550. The Morgan fingerprint density at radius 1 is 0.913 bits per heavy atom. The first-order valence-electron chi connectivity index (χ1n) is 8.07. The molecule has 0 saturated carbocycles. The van der Waals surface area contributed by atoms with E-state index in [0.29, 0.717) is 5.25 Å². The molecule has 2 aliphatic rings. The number of nitrogens with zero attached hydrogens (tertiary/aromatic N) is 1. The molecule has 2 aromatic rings. The number of rotatable bonds is 2. The van der Waals surface area contributed by atoms with Crippen LogP contribution >= 0.6 is 0 Å². The molecule has 114 valence electrons. The van der Waals surface area contributed by atoms with E-state index in [1.165, 1.54) is 27.8 Å². The van der Waals surface area contributed by atoms with Gasteiger partial charge in [-0.1, -0.05) is 70.6 Å². The Morgan fingerprint density at radius 2 is 1.57 bits per heavy atom. The molecule has 2 heteroatoms. The molecule has 1 nitrogen and oxygen atoms in total. The average Bonchev–Trinajstić information content (AvgIpc) is 2.62. The summed E-state index contributed by atoms with van der Waals surface area (Å²) in [6, 6.07) is 21.5. The largest absolute Gasteiger partial charge is 0.175 e. The standard InChI is InChI=1S/C21H20NS/c1-16-12-13-23-20(14-16)21(18-10-6-3-7-11-18)19(15-22-23)17-8-4-2-5-9-17/h2-12,15,20H,13-14H2,1H3/q+1. The molecule has 2 aliphatic heterocycles. The zero-order chi connectivity index (χ0) is 15.6. The third-order valence-corrected chi connectivity index (χ3v) is 6.48. The topological polar surface area (TPSA) is 12.4 Å². The van der Waals surface area contributed by atoms with Gasteiger partial charge in [-0.3, -0.25) is 0 Å². The number of fused-ring (bicyclic) bond motifs is 1. The molecule has 0 radical (unpaired) electrons. The minimum atomic E-state index is 0.0868. The van der Waals surface area contributed by atoms with Crippen molar-refractivity contribution in [1.29, 1.82) is 0 Å². The first kappa shape index (κ1) is 14.5. The van der Waals surface area contributed by atoms with Gasteiger partial charge in [-0.2, -0.15) is 0 Å². The SMILES string of the molecule is CC1=CC[S+]2N=CC(c3ccccc3)=C(c3ccccc3)C2C1. The second-order valence-electron chi connectivity index (χ2n) is 6.10. The Kier molecular flexibility index (Phi) is 3.92. The minimum Gasteiger partial charge on any atom is -0.0672 e. The van der Waals surface area contributed by atoms with Crippen molar-refractivity contribution >= 4 is 28.4 Å². The average molecular weight is 318 g/mol. The number of hydrogen-bond acceptors (Lipinski definition) is 1. The molecule has 23 heavy (non-hydrogen) atoms. The molecule has 4 rings (SSSR count). The Labute approximate surface area is 141 Å². The van der Waals surface area contributed by atoms with Crippen molar-refractivity contribution in [2.24, 2.45) is 4.40 Å². The lowest BCUT2D eigenvalue weighted by Gasteiger charge is -2.26. The van der Waals surface area contributed by atoms with Crippen LogP contribution in [0, 0.1) is 0 Å². The van der Waals surface area contributed by atoms with E-state index in [9.17, 15) is 0 Å². The fraction of sp³-hybridized carbons (Fsp3) is 0.190. The number of benzene rings is 2. The maximum atomic E-state index is 4.92. The Hall–Kier alpha value is -2.06. The van der Waals surface area contributed by atoms with Gasteiger partial charge in [-0.25, -0.2) is 0 Å². The highest BCUT2D eigenvalue weighted by molar-refractivity contribution is 7.97. The first-order chi connectivity index (χ1) is 11.3. The van der Waals surface area contributed by atoms with Crippen molar-refractivity contribution in [2.75, 3.05) is 5.75 Å². The van der Waals surface area contributed by atoms with Gasteiger partial charge in [0.05, 0.1) is 6.21 Å². The van der Waals surface area contributed by atoms with E-state index in [4.69, 9.17) is 4.40 Å². The molecule has 0 amide bonds. The van der Waals surface area contributed by atoms with E-state index >= 15 is 0 Å². The second kappa shape index (κ2) is 6.21. The normalized spacial score (nSPS) is 23.4. The monoisotopic (exact) mass is 318 g/mol. The molecule has 0 aromatic heterocycles. The maximum absolute atomic E-state index is 4.92. The van der Waals surface area contributed by atoms with Gasteiger partial charge in [-0.05, 0) is 24.1 Å². The van der Waals surface area contributed by atoms with Gasteiger partial charge >= 0.3 is 0 Å². The first-order valence-corrected chi connectivity index (χ1v) is 9.49. The van der Waals surface area contributed by atoms with Crippen molar-refractivity contribution in [2.45, 2.75) is 18.6 Å². The van der Waals surface area contributed by atoms with Crippen LogP contribution in [0.3, 0.4) is 0 Å². The van der Waals surface area contributed by atoms with Crippen molar-refractivity contribution < 1.29 is 0 Å². The Bertz CT molecular complexity index is 787. The van der Waals surface area contributed by atoms with Crippen molar-refractivity contribution in [1.82, 2.24) is 0 Å². The summed E-state index contributed by atoms with van der Waals surface area (Å²) in [6.45, 7) is 2.25. The predicted molar refractivity (Wildman–Crippen MR) is 103 cm³/mol. The van der Waals surface area contributed by atoms with Crippen LogP contribution in [0.1, 0.15) is 24.5 Å². The van der Waals surface area contributed by atoms with E-state index < -0.39 is 0 Å². The smallest absolute Gasteiger partial charge is 0.0672 e. The van der Waals surface area contributed by atoms with Gasteiger partial charge in [0.1, 0.15) is 11.1 Å². The van der Waals surface area contributed by atoms with Gasteiger partial charge in [0.15, 0.2) is 11.0 Å². The van der Waals surface area contributed by atoms with Crippen LogP contribution < -0.4 is 0 Å². The maximum Gasteiger partial charge on any atom is 0.175 e. The van der Waals surface area contributed by atoms with Crippen molar-refractivity contribution in [3.63, 3.8) is 0 Å². The zero-order valence-corrected chi connectivity index (χ0v) is 14.1. The summed E-state index contributed by atoms with van der Waals surface area (Å²) >= 11 is 0.0868. The molecule has 2 aromatic carbocycles. The lowest BCUT2D eigenvalue weighted by atomic mass is 9.90. The van der Waals surface area contributed by atoms with Crippen LogP contribution in [-0.4, -0.2) is 17.2 Å². The fourth-order valence-corrected chi connectivity index (χ4v) is 5.49. The van der Waals surface area contributed by atoms with E-state index in [0.717, 1.165) is 12.2 Å². The fourth-order valence-electron chi connectivity index (χ4n) is 3.34. The third kappa shape index (κ3) is 2.79. The molecular formula is C21H20NS+. The molecule has 2 atom stereocenters. The van der Waals surface area contributed by atoms with E-state index in [2.05, 4.69) is 79.9 Å². The highest BCUT2D eigenvalue weighted by Crippen LogP contribution is 2.40. The highest BCUT2D eigenvalue weighted by Gasteiger charge is 2.41. The van der Waals surface area contributed by atoms with Crippen molar-refractivity contribution in [3.8, 4) is 0 Å². The highest BCUT2D eigenvalue weighted by atomic mass is 32.2. The summed E-state index contributed by atoms with van der Waals surface area (Å²) < 4.78 is 4.92. The molecule has 0 saturated heterocycles. The lowest BCUT2D eigenvalue weighted by molar-refractivity contribution is 0.978. The van der Waals surface area contributed by atoms with E-state index in [1.807, 2.05) is 0 Å². The third-order valence-electron chi connectivity index (χ3n) is 4.54. The molecule has 0 aliphatic carbocycles. The van der Waals surface area contributed by atoms with Gasteiger partial charge in [-0.15, -0.1) is 0 Å². The summed E-state index contributed by atoms with van der Waals surface area (Å²) in [5, 5.41) is 0.516. The predicted octanol–water partition coefficient (Wildman–Crippen LogP) is 4.93. The molecule has 0 fully saturated rings. The summed E-state index contributed by atoms with van der Waals surface area (Å²) in [6.07, 6.45) is 5.61. The Balaban J connectivity index is 1.90. The van der Waals surface area contributed by atoms with Crippen LogP contribution in [0.5, 0.6) is 0 Å². The number of allylic oxidation sites excluding steroid dienone is 2. The van der Waals surface area contributed by atoms with Crippen LogP contribution in [0.4, 0.5) is 0 Å². The van der Waals surface area contributed by atoms with Crippen LogP contribution in [0.15, 0.2) is 76.7 Å². The molecule has 2 unspecified atom stereocenters. The number of hydrogen-bond donors (Lipinski definition) is 0. The zero-order valence-electron chi connectivity index (χ0n) is 13.3. The molecule has 2 heterocycles. The van der Waals surface area contributed by atoms with Gasteiger partial charge < -0.3 is 0 Å². The summed E-state index contributed by atoms with van der Waals surface area (Å²) in [4.78, 5) is 0. The minimum absolute atomic E-state index is 0.0868.